The van der Waals surface area contributed by atoms with Gasteiger partial charge < -0.3 is 4.84 Å². The fraction of sp³-hybridized carbons (Fsp3) is 0.938. The Kier molecular flexibility index (Phi) is 12.1. The Hall–Kier alpha value is -0.570. The first-order chi connectivity index (χ1) is 9.10. The van der Waals surface area contributed by atoms with E-state index in [2.05, 4.69) is 27.7 Å². The zero-order valence-corrected chi connectivity index (χ0v) is 13.4. The van der Waals surface area contributed by atoms with Crippen LogP contribution < -0.4 is 0 Å². The second-order valence-electron chi connectivity index (χ2n) is 5.74. The summed E-state index contributed by atoms with van der Waals surface area (Å²) in [6.45, 7) is 10.5. The first-order valence-corrected chi connectivity index (χ1v) is 8.05. The lowest BCUT2D eigenvalue weighted by atomic mass is 10.1. The molecule has 0 aromatic rings. The third-order valence-electron chi connectivity index (χ3n) is 3.17. The van der Waals surface area contributed by atoms with Crippen molar-refractivity contribution in [3.63, 3.8) is 0 Å². The summed E-state index contributed by atoms with van der Waals surface area (Å²) < 4.78 is 0. The maximum Gasteiger partial charge on any atom is 0.325 e. The van der Waals surface area contributed by atoms with Gasteiger partial charge in [-0.3, -0.25) is 4.79 Å². The van der Waals surface area contributed by atoms with Gasteiger partial charge >= 0.3 is 5.97 Å². The molecule has 0 amide bonds. The lowest BCUT2D eigenvalue weighted by Crippen LogP contribution is -2.29. The van der Waals surface area contributed by atoms with Gasteiger partial charge in [0.15, 0.2) is 0 Å². The van der Waals surface area contributed by atoms with E-state index in [4.69, 9.17) is 4.84 Å². The molecule has 0 fully saturated rings. The highest BCUT2D eigenvalue weighted by Crippen LogP contribution is 2.09. The summed E-state index contributed by atoms with van der Waals surface area (Å²) in [5.74, 6) is 0.664. The minimum Gasteiger partial charge on any atom is -0.368 e. The average Bonchev–Trinajstić information content (AvgIpc) is 2.37. The van der Waals surface area contributed by atoms with Crippen LogP contribution in [0.15, 0.2) is 0 Å². The number of carbonyl (C=O) groups is 1. The van der Waals surface area contributed by atoms with E-state index in [1.807, 2.05) is 5.06 Å². The van der Waals surface area contributed by atoms with E-state index < -0.39 is 0 Å². The van der Waals surface area contributed by atoms with Crippen molar-refractivity contribution in [2.24, 2.45) is 5.92 Å². The standard InChI is InChI=1S/C16H33NO2/c1-5-7-13-17(14-8-6-2)19-16(18)12-10-9-11-15(3)4/h15H,5-14H2,1-4H3. The Labute approximate surface area is 119 Å². The minimum absolute atomic E-state index is 0.0593. The Morgan fingerprint density at radius 1 is 1.00 bits per heavy atom. The molecule has 114 valence electrons. The predicted octanol–water partition coefficient (Wildman–Crippen LogP) is 4.56. The molecule has 0 aromatic heterocycles. The Bertz CT molecular complexity index is 209. The summed E-state index contributed by atoms with van der Waals surface area (Å²) in [6.07, 6.45) is 8.27. The lowest BCUT2D eigenvalue weighted by molar-refractivity contribution is -0.191. The van der Waals surface area contributed by atoms with E-state index in [1.165, 1.54) is 6.42 Å². The van der Waals surface area contributed by atoms with Crippen LogP contribution in [0.25, 0.3) is 0 Å². The molecule has 19 heavy (non-hydrogen) atoms. The molecular formula is C16H33NO2. The van der Waals surface area contributed by atoms with Gasteiger partial charge in [-0.05, 0) is 25.2 Å². The van der Waals surface area contributed by atoms with E-state index in [9.17, 15) is 4.79 Å². The fourth-order valence-corrected chi connectivity index (χ4v) is 1.88. The maximum absolute atomic E-state index is 11.8. The topological polar surface area (TPSA) is 29.5 Å². The number of hydrogen-bond acceptors (Lipinski definition) is 3. The molecule has 0 bridgehead atoms. The molecule has 0 rings (SSSR count). The predicted molar refractivity (Wildman–Crippen MR) is 80.8 cm³/mol. The maximum atomic E-state index is 11.8. The monoisotopic (exact) mass is 271 g/mol. The fourth-order valence-electron chi connectivity index (χ4n) is 1.88. The van der Waals surface area contributed by atoms with Crippen LogP contribution in [0.3, 0.4) is 0 Å². The number of hydrogen-bond donors (Lipinski definition) is 0. The third kappa shape index (κ3) is 12.2. The lowest BCUT2D eigenvalue weighted by Gasteiger charge is -2.20. The minimum atomic E-state index is -0.0593. The molecule has 0 unspecified atom stereocenters. The highest BCUT2D eigenvalue weighted by molar-refractivity contribution is 5.68. The van der Waals surface area contributed by atoms with E-state index in [-0.39, 0.29) is 5.97 Å². The van der Waals surface area contributed by atoms with Crippen molar-refractivity contribution in [1.29, 1.82) is 0 Å². The van der Waals surface area contributed by atoms with Crippen LogP contribution in [0.4, 0.5) is 0 Å². The molecule has 0 aromatic carbocycles. The number of unbranched alkanes of at least 4 members (excludes halogenated alkanes) is 3. The summed E-state index contributed by atoms with van der Waals surface area (Å²) in [5, 5.41) is 1.86. The van der Waals surface area contributed by atoms with Gasteiger partial charge in [-0.1, -0.05) is 53.4 Å². The molecule has 0 saturated heterocycles. The quantitative estimate of drug-likeness (QED) is 0.385. The van der Waals surface area contributed by atoms with Crippen LogP contribution in [0, 0.1) is 5.92 Å². The molecule has 3 nitrogen and oxygen atoms in total. The summed E-state index contributed by atoms with van der Waals surface area (Å²) in [6, 6.07) is 0. The Balaban J connectivity index is 3.80. The number of nitrogens with zero attached hydrogens (tertiary/aromatic N) is 1. The van der Waals surface area contributed by atoms with Gasteiger partial charge in [0.25, 0.3) is 0 Å². The molecule has 0 heterocycles. The molecule has 0 aliphatic carbocycles. The van der Waals surface area contributed by atoms with Crippen LogP contribution in [0.2, 0.25) is 0 Å². The second-order valence-corrected chi connectivity index (χ2v) is 5.74. The van der Waals surface area contributed by atoms with Gasteiger partial charge in [-0.2, -0.15) is 0 Å². The van der Waals surface area contributed by atoms with Crippen molar-refractivity contribution in [2.75, 3.05) is 13.1 Å². The number of carbonyl (C=O) groups excluding carboxylic acids is 1. The largest absolute Gasteiger partial charge is 0.368 e. The van der Waals surface area contributed by atoms with Crippen molar-refractivity contribution >= 4 is 5.97 Å². The zero-order valence-electron chi connectivity index (χ0n) is 13.4. The van der Waals surface area contributed by atoms with Crippen molar-refractivity contribution in [3.8, 4) is 0 Å². The summed E-state index contributed by atoms with van der Waals surface area (Å²) in [5.41, 5.74) is 0. The molecule has 0 spiro atoms. The highest BCUT2D eigenvalue weighted by Gasteiger charge is 2.10. The summed E-state index contributed by atoms with van der Waals surface area (Å²) in [4.78, 5) is 17.2. The van der Waals surface area contributed by atoms with Gasteiger partial charge in [0.05, 0.1) is 0 Å². The first-order valence-electron chi connectivity index (χ1n) is 8.05. The summed E-state index contributed by atoms with van der Waals surface area (Å²) in [7, 11) is 0. The first kappa shape index (κ1) is 18.4. The van der Waals surface area contributed by atoms with E-state index in [1.54, 1.807) is 0 Å². The van der Waals surface area contributed by atoms with Crippen molar-refractivity contribution in [3.05, 3.63) is 0 Å². The normalized spacial score (nSPS) is 11.3. The zero-order chi connectivity index (χ0) is 14.5. The van der Waals surface area contributed by atoms with E-state index in [0.29, 0.717) is 6.42 Å². The highest BCUT2D eigenvalue weighted by atomic mass is 16.7. The number of rotatable bonds is 12. The molecule has 0 saturated carbocycles. The molecule has 0 radical (unpaired) electrons. The Morgan fingerprint density at radius 3 is 2.05 bits per heavy atom. The molecule has 0 aliphatic heterocycles. The van der Waals surface area contributed by atoms with Gasteiger partial charge in [-0.25, -0.2) is 0 Å². The van der Waals surface area contributed by atoms with Crippen LogP contribution >= 0.6 is 0 Å². The van der Waals surface area contributed by atoms with Gasteiger partial charge in [0.1, 0.15) is 0 Å². The SMILES string of the molecule is CCCCN(CCCC)OC(=O)CCCCC(C)C. The smallest absolute Gasteiger partial charge is 0.325 e. The van der Waals surface area contributed by atoms with Gasteiger partial charge in [0, 0.05) is 19.5 Å². The summed E-state index contributed by atoms with van der Waals surface area (Å²) >= 11 is 0. The van der Waals surface area contributed by atoms with Crippen LogP contribution in [-0.4, -0.2) is 24.1 Å². The molecule has 3 heteroatoms. The Morgan fingerprint density at radius 2 is 1.58 bits per heavy atom. The van der Waals surface area contributed by atoms with Crippen LogP contribution in [0.1, 0.15) is 79.1 Å². The molecule has 0 aliphatic rings. The van der Waals surface area contributed by atoms with E-state index >= 15 is 0 Å². The van der Waals surface area contributed by atoms with Crippen molar-refractivity contribution in [1.82, 2.24) is 5.06 Å². The second kappa shape index (κ2) is 12.5. The average molecular weight is 271 g/mol. The van der Waals surface area contributed by atoms with Gasteiger partial charge in [-0.15, -0.1) is 5.06 Å². The van der Waals surface area contributed by atoms with Crippen LogP contribution in [-0.2, 0) is 9.63 Å². The molecular weight excluding hydrogens is 238 g/mol. The molecule has 0 N–H and O–H groups in total. The van der Waals surface area contributed by atoms with Crippen molar-refractivity contribution in [2.45, 2.75) is 79.1 Å². The van der Waals surface area contributed by atoms with Gasteiger partial charge in [0.2, 0.25) is 0 Å². The van der Waals surface area contributed by atoms with Crippen molar-refractivity contribution < 1.29 is 9.63 Å². The van der Waals surface area contributed by atoms with E-state index in [0.717, 1.165) is 57.5 Å². The molecule has 0 atom stereocenters. The van der Waals surface area contributed by atoms with Crippen LogP contribution in [0.5, 0.6) is 0 Å². The third-order valence-corrected chi connectivity index (χ3v) is 3.17. The number of hydroxylamine groups is 2.